The summed E-state index contributed by atoms with van der Waals surface area (Å²) in [5.41, 5.74) is 5.95. The van der Waals surface area contributed by atoms with Gasteiger partial charge in [0, 0.05) is 13.0 Å². The van der Waals surface area contributed by atoms with Gasteiger partial charge in [-0.05, 0) is 37.5 Å². The van der Waals surface area contributed by atoms with Crippen molar-refractivity contribution in [3.63, 3.8) is 0 Å². The highest BCUT2D eigenvalue weighted by Gasteiger charge is 2.39. The summed E-state index contributed by atoms with van der Waals surface area (Å²) in [5.74, 6) is -3.15. The summed E-state index contributed by atoms with van der Waals surface area (Å²) < 4.78 is 0. The number of likely N-dealkylation sites (tertiary alicyclic amines) is 1. The van der Waals surface area contributed by atoms with E-state index < -0.39 is 47.9 Å². The number of hydrogen-bond acceptors (Lipinski definition) is 7. The Kier molecular flexibility index (Phi) is 8.34. The molecule has 1 aromatic carbocycles. The van der Waals surface area contributed by atoms with Gasteiger partial charge >= 0.3 is 5.97 Å². The smallest absolute Gasteiger partial charge is 0.326 e. The quantitative estimate of drug-likeness (QED) is 0.265. The average Bonchev–Trinajstić information content (AvgIpc) is 3.22. The third-order valence-electron chi connectivity index (χ3n) is 5.08. The number of carbonyl (C=O) groups is 4. The second-order valence-corrected chi connectivity index (χ2v) is 7.45. The van der Waals surface area contributed by atoms with Crippen LogP contribution < -0.4 is 16.4 Å². The van der Waals surface area contributed by atoms with Crippen molar-refractivity contribution in [3.8, 4) is 5.75 Å². The molecule has 0 aromatic heterocycles. The highest BCUT2D eigenvalue weighted by atomic mass is 16.4. The van der Waals surface area contributed by atoms with Crippen molar-refractivity contribution in [2.45, 2.75) is 50.4 Å². The molecule has 1 aliphatic heterocycles. The van der Waals surface area contributed by atoms with Crippen LogP contribution in [0.5, 0.6) is 5.75 Å². The van der Waals surface area contributed by atoms with Crippen molar-refractivity contribution in [2.24, 2.45) is 5.73 Å². The van der Waals surface area contributed by atoms with Crippen LogP contribution in [0.25, 0.3) is 0 Å². The maximum absolute atomic E-state index is 12.9. The van der Waals surface area contributed by atoms with E-state index in [0.29, 0.717) is 12.0 Å². The molecule has 11 heteroatoms. The predicted molar refractivity (Wildman–Crippen MR) is 109 cm³/mol. The van der Waals surface area contributed by atoms with Crippen LogP contribution in [0.2, 0.25) is 0 Å². The molecule has 1 heterocycles. The molecule has 1 saturated heterocycles. The summed E-state index contributed by atoms with van der Waals surface area (Å²) in [5, 5.41) is 33.7. The lowest BCUT2D eigenvalue weighted by atomic mass is 10.0. The molecule has 2 rings (SSSR count). The first-order valence-electron chi connectivity index (χ1n) is 9.93. The van der Waals surface area contributed by atoms with Crippen LogP contribution in [0.1, 0.15) is 25.3 Å². The average molecular weight is 436 g/mol. The number of aliphatic carboxylic acids is 1. The van der Waals surface area contributed by atoms with Gasteiger partial charge < -0.3 is 36.6 Å². The van der Waals surface area contributed by atoms with Gasteiger partial charge in [0.2, 0.25) is 17.7 Å². The van der Waals surface area contributed by atoms with Gasteiger partial charge in [-0.1, -0.05) is 12.1 Å². The van der Waals surface area contributed by atoms with Gasteiger partial charge in [-0.2, -0.15) is 0 Å². The number of nitrogens with zero attached hydrogens (tertiary/aromatic N) is 1. The lowest BCUT2D eigenvalue weighted by Gasteiger charge is -2.30. The highest BCUT2D eigenvalue weighted by molar-refractivity contribution is 5.94. The number of nitrogens with one attached hydrogen (secondary N) is 2. The van der Waals surface area contributed by atoms with E-state index in [-0.39, 0.29) is 31.7 Å². The normalized spacial score (nSPS) is 18.7. The van der Waals surface area contributed by atoms with Crippen LogP contribution in [0, 0.1) is 0 Å². The van der Waals surface area contributed by atoms with Crippen LogP contribution in [0.15, 0.2) is 24.3 Å². The number of aromatic hydroxyl groups is 1. The van der Waals surface area contributed by atoms with E-state index in [0.717, 1.165) is 4.90 Å². The standard InChI is InChI=1S/C20H28N4O7/c1-11(25)17(19(29)24-8-2-3-15(24)20(30)31)23-18(28)14(22-16(27)10-21)9-12-4-6-13(26)7-5-12/h4-7,11,14-15,17,25-26H,2-3,8-10,21H2,1H3,(H,22,27)(H,23,28)(H,30,31). The molecule has 11 nitrogen and oxygen atoms in total. The fraction of sp³-hybridized carbons (Fsp3) is 0.500. The van der Waals surface area contributed by atoms with Gasteiger partial charge in [-0.15, -0.1) is 0 Å². The number of amides is 3. The first-order valence-corrected chi connectivity index (χ1v) is 9.93. The molecule has 3 amide bonds. The van der Waals surface area contributed by atoms with Crippen molar-refractivity contribution in [2.75, 3.05) is 13.1 Å². The van der Waals surface area contributed by atoms with Crippen LogP contribution >= 0.6 is 0 Å². The Balaban J connectivity index is 2.18. The second-order valence-electron chi connectivity index (χ2n) is 7.45. The molecule has 4 unspecified atom stereocenters. The lowest BCUT2D eigenvalue weighted by Crippen LogP contribution is -2.59. The van der Waals surface area contributed by atoms with E-state index in [1.54, 1.807) is 12.1 Å². The molecule has 170 valence electrons. The van der Waals surface area contributed by atoms with Crippen LogP contribution in [0.4, 0.5) is 0 Å². The Morgan fingerprint density at radius 1 is 1.19 bits per heavy atom. The second kappa shape index (κ2) is 10.7. The number of carboxylic acid groups (broad SMARTS) is 1. The van der Waals surface area contributed by atoms with E-state index in [1.807, 2.05) is 0 Å². The van der Waals surface area contributed by atoms with Crippen LogP contribution in [0.3, 0.4) is 0 Å². The number of nitrogens with two attached hydrogens (primary N) is 1. The lowest BCUT2D eigenvalue weighted by molar-refractivity contribution is -0.150. The predicted octanol–water partition coefficient (Wildman–Crippen LogP) is -1.68. The van der Waals surface area contributed by atoms with Crippen molar-refractivity contribution in [1.29, 1.82) is 0 Å². The molecule has 0 bridgehead atoms. The molecular formula is C20H28N4O7. The zero-order chi connectivity index (χ0) is 23.1. The Labute approximate surface area is 179 Å². The Hall–Kier alpha value is -3.18. The summed E-state index contributed by atoms with van der Waals surface area (Å²) >= 11 is 0. The Morgan fingerprint density at radius 3 is 2.39 bits per heavy atom. The minimum atomic E-state index is -1.38. The number of benzene rings is 1. The number of phenols is 1. The zero-order valence-electron chi connectivity index (χ0n) is 17.2. The van der Waals surface area contributed by atoms with Gasteiger partial charge in [0.1, 0.15) is 23.9 Å². The van der Waals surface area contributed by atoms with E-state index >= 15 is 0 Å². The highest BCUT2D eigenvalue weighted by Crippen LogP contribution is 2.19. The number of hydrogen-bond donors (Lipinski definition) is 6. The summed E-state index contributed by atoms with van der Waals surface area (Å²) in [6, 6.07) is 2.49. The molecule has 0 spiro atoms. The minimum Gasteiger partial charge on any atom is -0.508 e. The van der Waals surface area contributed by atoms with Gasteiger partial charge in [0.25, 0.3) is 0 Å². The third-order valence-corrected chi connectivity index (χ3v) is 5.08. The molecule has 0 radical (unpaired) electrons. The Morgan fingerprint density at radius 2 is 1.84 bits per heavy atom. The number of rotatable bonds is 9. The van der Waals surface area contributed by atoms with E-state index in [1.165, 1.54) is 19.1 Å². The molecule has 4 atom stereocenters. The fourth-order valence-electron chi connectivity index (χ4n) is 3.44. The van der Waals surface area contributed by atoms with Crippen molar-refractivity contribution < 1.29 is 34.5 Å². The SMILES string of the molecule is CC(O)C(NC(=O)C(Cc1ccc(O)cc1)NC(=O)CN)C(=O)N1CCCC1C(=O)O. The minimum absolute atomic E-state index is 0.0362. The first-order chi connectivity index (χ1) is 14.6. The van der Waals surface area contributed by atoms with E-state index in [4.69, 9.17) is 5.73 Å². The number of aliphatic hydroxyl groups is 1. The molecule has 1 aliphatic rings. The van der Waals surface area contributed by atoms with Gasteiger partial charge in [-0.25, -0.2) is 4.79 Å². The largest absolute Gasteiger partial charge is 0.508 e. The van der Waals surface area contributed by atoms with Crippen LogP contribution in [-0.2, 0) is 25.6 Å². The number of carboxylic acids is 1. The summed E-state index contributed by atoms with van der Waals surface area (Å²) in [6.45, 7) is 1.16. The molecule has 1 aromatic rings. The number of aliphatic hydroxyl groups excluding tert-OH is 1. The van der Waals surface area contributed by atoms with Gasteiger partial charge in [0.15, 0.2) is 0 Å². The molecule has 7 N–H and O–H groups in total. The topological polar surface area (TPSA) is 182 Å². The maximum Gasteiger partial charge on any atom is 0.326 e. The Bertz CT molecular complexity index is 812. The fourth-order valence-corrected chi connectivity index (χ4v) is 3.44. The number of phenolic OH excluding ortho intramolecular Hbond substituents is 1. The van der Waals surface area contributed by atoms with E-state index in [2.05, 4.69) is 10.6 Å². The molecule has 0 aliphatic carbocycles. The third kappa shape index (κ3) is 6.40. The molecule has 0 saturated carbocycles. The summed E-state index contributed by atoms with van der Waals surface area (Å²) in [4.78, 5) is 50.1. The van der Waals surface area contributed by atoms with Crippen molar-refractivity contribution in [3.05, 3.63) is 29.8 Å². The van der Waals surface area contributed by atoms with Crippen molar-refractivity contribution in [1.82, 2.24) is 15.5 Å². The zero-order valence-corrected chi connectivity index (χ0v) is 17.2. The first kappa shape index (κ1) is 24.1. The molecule has 1 fully saturated rings. The van der Waals surface area contributed by atoms with Gasteiger partial charge in [0.05, 0.1) is 12.6 Å². The summed E-state index contributed by atoms with van der Waals surface area (Å²) in [7, 11) is 0. The van der Waals surface area contributed by atoms with Gasteiger partial charge in [-0.3, -0.25) is 14.4 Å². The monoisotopic (exact) mass is 436 g/mol. The van der Waals surface area contributed by atoms with Crippen LogP contribution in [-0.4, -0.2) is 81.2 Å². The molecule has 31 heavy (non-hydrogen) atoms. The van der Waals surface area contributed by atoms with E-state index in [9.17, 15) is 34.5 Å². The number of carbonyl (C=O) groups excluding carboxylic acids is 3. The van der Waals surface area contributed by atoms with Crippen molar-refractivity contribution >= 4 is 23.7 Å². The maximum atomic E-state index is 12.9. The molecular weight excluding hydrogens is 408 g/mol. The summed E-state index contributed by atoms with van der Waals surface area (Å²) in [6.07, 6.45) is -0.470.